The first-order valence-electron chi connectivity index (χ1n) is 6.77. The van der Waals surface area contributed by atoms with Gasteiger partial charge in [-0.2, -0.15) is 0 Å². The molecule has 1 aromatic rings. The summed E-state index contributed by atoms with van der Waals surface area (Å²) >= 11 is 0. The summed E-state index contributed by atoms with van der Waals surface area (Å²) in [6.07, 6.45) is 2.49. The van der Waals surface area contributed by atoms with Crippen LogP contribution < -0.4 is 10.1 Å². The summed E-state index contributed by atoms with van der Waals surface area (Å²) in [5, 5.41) is 3.39. The van der Waals surface area contributed by atoms with Crippen molar-refractivity contribution in [1.29, 1.82) is 0 Å². The molecule has 0 aromatic heterocycles. The lowest BCUT2D eigenvalue weighted by atomic mass is 9.98. The molecule has 1 heterocycles. The summed E-state index contributed by atoms with van der Waals surface area (Å²) < 4.78 is 5.19. The summed E-state index contributed by atoms with van der Waals surface area (Å²) in [7, 11) is 3.77. The molecular weight excluding hydrogens is 224 g/mol. The van der Waals surface area contributed by atoms with Crippen LogP contribution in [-0.4, -0.2) is 37.7 Å². The van der Waals surface area contributed by atoms with Gasteiger partial charge < -0.3 is 10.1 Å². The summed E-state index contributed by atoms with van der Waals surface area (Å²) in [4.78, 5) is 2.57. The first-order valence-corrected chi connectivity index (χ1v) is 6.77. The molecule has 1 aliphatic heterocycles. The summed E-state index contributed by atoms with van der Waals surface area (Å²) in [5.41, 5.74) is 1.37. The van der Waals surface area contributed by atoms with E-state index in [1.807, 2.05) is 12.1 Å². The number of nitrogens with zero attached hydrogens (tertiary/aromatic N) is 1. The minimum absolute atomic E-state index is 0.651. The largest absolute Gasteiger partial charge is 0.497 e. The second kappa shape index (κ2) is 6.21. The Labute approximate surface area is 110 Å². The fourth-order valence-corrected chi connectivity index (χ4v) is 2.68. The molecule has 2 unspecified atom stereocenters. The van der Waals surface area contributed by atoms with E-state index in [4.69, 9.17) is 4.74 Å². The molecule has 1 fully saturated rings. The van der Waals surface area contributed by atoms with Crippen LogP contribution in [0.1, 0.15) is 25.3 Å². The molecule has 1 aliphatic rings. The SMILES string of the molecule is CNC1CCN(Cc2ccc(OC)cc2)C(C)C1. The molecule has 0 saturated carbocycles. The third kappa shape index (κ3) is 3.24. The third-order valence-electron chi connectivity index (χ3n) is 3.97. The molecule has 2 atom stereocenters. The Morgan fingerprint density at radius 2 is 2.06 bits per heavy atom. The smallest absolute Gasteiger partial charge is 0.118 e. The maximum atomic E-state index is 5.19. The third-order valence-corrected chi connectivity index (χ3v) is 3.97. The molecule has 0 spiro atoms. The topological polar surface area (TPSA) is 24.5 Å². The van der Waals surface area contributed by atoms with Crippen molar-refractivity contribution in [2.75, 3.05) is 20.7 Å². The molecule has 1 N–H and O–H groups in total. The number of benzene rings is 1. The first kappa shape index (κ1) is 13.4. The van der Waals surface area contributed by atoms with Crippen molar-refractivity contribution in [2.45, 2.75) is 38.4 Å². The van der Waals surface area contributed by atoms with E-state index in [1.165, 1.54) is 24.9 Å². The average Bonchev–Trinajstić information content (AvgIpc) is 2.42. The van der Waals surface area contributed by atoms with E-state index in [-0.39, 0.29) is 0 Å². The molecule has 18 heavy (non-hydrogen) atoms. The average molecular weight is 248 g/mol. The van der Waals surface area contributed by atoms with Crippen molar-refractivity contribution in [3.63, 3.8) is 0 Å². The number of hydrogen-bond acceptors (Lipinski definition) is 3. The maximum Gasteiger partial charge on any atom is 0.118 e. The van der Waals surface area contributed by atoms with Crippen molar-refractivity contribution in [3.8, 4) is 5.75 Å². The fourth-order valence-electron chi connectivity index (χ4n) is 2.68. The van der Waals surface area contributed by atoms with Gasteiger partial charge in [-0.1, -0.05) is 12.1 Å². The van der Waals surface area contributed by atoms with Crippen molar-refractivity contribution >= 4 is 0 Å². The van der Waals surface area contributed by atoms with Crippen LogP contribution in [-0.2, 0) is 6.54 Å². The number of ether oxygens (including phenoxy) is 1. The summed E-state index contributed by atoms with van der Waals surface area (Å²) in [5.74, 6) is 0.931. The quantitative estimate of drug-likeness (QED) is 0.884. The Hall–Kier alpha value is -1.06. The Kier molecular flexibility index (Phi) is 4.61. The standard InChI is InChI=1S/C15H24N2O/c1-12-10-14(16-2)8-9-17(12)11-13-4-6-15(18-3)7-5-13/h4-7,12,14,16H,8-11H2,1-3H3. The van der Waals surface area contributed by atoms with Crippen LogP contribution >= 0.6 is 0 Å². The van der Waals surface area contributed by atoms with Crippen molar-refractivity contribution < 1.29 is 4.74 Å². The van der Waals surface area contributed by atoms with Crippen LogP contribution in [0.5, 0.6) is 5.75 Å². The van der Waals surface area contributed by atoms with Gasteiger partial charge in [-0.15, -0.1) is 0 Å². The highest BCUT2D eigenvalue weighted by Crippen LogP contribution is 2.20. The zero-order valence-electron chi connectivity index (χ0n) is 11.6. The van der Waals surface area contributed by atoms with Gasteiger partial charge in [0.15, 0.2) is 0 Å². The molecular formula is C15H24N2O. The normalized spacial score (nSPS) is 25.1. The van der Waals surface area contributed by atoms with E-state index in [2.05, 4.69) is 36.3 Å². The second-order valence-corrected chi connectivity index (χ2v) is 5.18. The van der Waals surface area contributed by atoms with Crippen LogP contribution in [0.4, 0.5) is 0 Å². The van der Waals surface area contributed by atoms with Crippen molar-refractivity contribution in [1.82, 2.24) is 10.2 Å². The molecule has 3 nitrogen and oxygen atoms in total. The lowest BCUT2D eigenvalue weighted by molar-refractivity contribution is 0.131. The molecule has 0 aliphatic carbocycles. The number of piperidine rings is 1. The highest BCUT2D eigenvalue weighted by molar-refractivity contribution is 5.27. The minimum atomic E-state index is 0.651. The predicted octanol–water partition coefficient (Wildman–Crippen LogP) is 2.27. The number of nitrogens with one attached hydrogen (secondary N) is 1. The molecule has 3 heteroatoms. The minimum Gasteiger partial charge on any atom is -0.497 e. The molecule has 0 amide bonds. The molecule has 2 rings (SSSR count). The zero-order chi connectivity index (χ0) is 13.0. The van der Waals surface area contributed by atoms with E-state index in [0.717, 1.165) is 12.3 Å². The lowest BCUT2D eigenvalue weighted by Gasteiger charge is -2.37. The number of hydrogen-bond donors (Lipinski definition) is 1. The molecule has 0 bridgehead atoms. The maximum absolute atomic E-state index is 5.19. The fraction of sp³-hybridized carbons (Fsp3) is 0.600. The molecule has 0 radical (unpaired) electrons. The molecule has 1 aromatic carbocycles. The van der Waals surface area contributed by atoms with Crippen LogP contribution in [0.25, 0.3) is 0 Å². The van der Waals surface area contributed by atoms with Gasteiger partial charge in [-0.3, -0.25) is 4.90 Å². The van der Waals surface area contributed by atoms with Gasteiger partial charge in [0.05, 0.1) is 7.11 Å². The second-order valence-electron chi connectivity index (χ2n) is 5.18. The van der Waals surface area contributed by atoms with Crippen LogP contribution in [0.3, 0.4) is 0 Å². The molecule has 100 valence electrons. The Balaban J connectivity index is 1.92. The van der Waals surface area contributed by atoms with E-state index >= 15 is 0 Å². The van der Waals surface area contributed by atoms with Crippen LogP contribution in [0, 0.1) is 0 Å². The van der Waals surface area contributed by atoms with Crippen LogP contribution in [0.2, 0.25) is 0 Å². The van der Waals surface area contributed by atoms with E-state index in [9.17, 15) is 0 Å². The van der Waals surface area contributed by atoms with E-state index in [1.54, 1.807) is 7.11 Å². The number of rotatable bonds is 4. The summed E-state index contributed by atoms with van der Waals surface area (Å²) in [6.45, 7) is 4.55. The highest BCUT2D eigenvalue weighted by Gasteiger charge is 2.24. The van der Waals surface area contributed by atoms with Gasteiger partial charge in [0.25, 0.3) is 0 Å². The predicted molar refractivity (Wildman–Crippen MR) is 74.9 cm³/mol. The van der Waals surface area contributed by atoms with Gasteiger partial charge in [0.2, 0.25) is 0 Å². The Bertz CT molecular complexity index is 363. The van der Waals surface area contributed by atoms with Crippen molar-refractivity contribution in [3.05, 3.63) is 29.8 Å². The summed E-state index contributed by atoms with van der Waals surface area (Å²) in [6, 6.07) is 9.75. The number of likely N-dealkylation sites (tertiary alicyclic amines) is 1. The monoisotopic (exact) mass is 248 g/mol. The van der Waals surface area contributed by atoms with E-state index < -0.39 is 0 Å². The molecule has 1 saturated heterocycles. The van der Waals surface area contributed by atoms with E-state index in [0.29, 0.717) is 12.1 Å². The first-order chi connectivity index (χ1) is 8.72. The van der Waals surface area contributed by atoms with Crippen molar-refractivity contribution in [2.24, 2.45) is 0 Å². The van der Waals surface area contributed by atoms with Gasteiger partial charge >= 0.3 is 0 Å². The Morgan fingerprint density at radius 1 is 1.33 bits per heavy atom. The zero-order valence-corrected chi connectivity index (χ0v) is 11.6. The van der Waals surface area contributed by atoms with Gasteiger partial charge in [-0.05, 0) is 44.5 Å². The van der Waals surface area contributed by atoms with Gasteiger partial charge in [0.1, 0.15) is 5.75 Å². The number of methoxy groups -OCH3 is 1. The highest BCUT2D eigenvalue weighted by atomic mass is 16.5. The Morgan fingerprint density at radius 3 is 2.61 bits per heavy atom. The van der Waals surface area contributed by atoms with Gasteiger partial charge in [0, 0.05) is 25.2 Å². The van der Waals surface area contributed by atoms with Gasteiger partial charge in [-0.25, -0.2) is 0 Å². The van der Waals surface area contributed by atoms with Crippen LogP contribution in [0.15, 0.2) is 24.3 Å². The lowest BCUT2D eigenvalue weighted by Crippen LogP contribution is -2.46.